The first-order valence-corrected chi connectivity index (χ1v) is 9.82. The molecule has 1 amide bonds. The number of hydrogen-bond acceptors (Lipinski definition) is 5. The molecular weight excluding hydrogens is 346 g/mol. The van der Waals surface area contributed by atoms with Gasteiger partial charge in [-0.1, -0.05) is 50.4 Å². The first-order chi connectivity index (χ1) is 12.5. The molecule has 0 saturated heterocycles. The normalized spacial score (nSPS) is 11.6. The third kappa shape index (κ3) is 7.04. The molecule has 0 atom stereocenters. The highest BCUT2D eigenvalue weighted by Crippen LogP contribution is 2.23. The van der Waals surface area contributed by atoms with E-state index in [1.807, 2.05) is 45.9 Å². The number of carbonyl (C=O) groups excluding carboxylic acids is 1. The van der Waals surface area contributed by atoms with Gasteiger partial charge in [0.05, 0.1) is 7.11 Å². The van der Waals surface area contributed by atoms with Crippen LogP contribution in [0.15, 0.2) is 41.6 Å². The summed E-state index contributed by atoms with van der Waals surface area (Å²) in [6.45, 7) is 12.0. The maximum absolute atomic E-state index is 11.4. The van der Waals surface area contributed by atoms with Crippen molar-refractivity contribution in [3.63, 3.8) is 0 Å². The Morgan fingerprint density at radius 1 is 1.31 bits per heavy atom. The number of methoxy groups -OCH3 is 1. The summed E-state index contributed by atoms with van der Waals surface area (Å²) in [7, 11) is 3.32. The van der Waals surface area contributed by atoms with E-state index in [0.717, 1.165) is 29.1 Å². The first kappa shape index (κ1) is 23.9. The van der Waals surface area contributed by atoms with Gasteiger partial charge >= 0.3 is 0 Å². The lowest BCUT2D eigenvalue weighted by Crippen LogP contribution is -2.28. The fourth-order valence-corrected chi connectivity index (χ4v) is 2.67. The first-order valence-electron chi connectivity index (χ1n) is 8.83. The van der Waals surface area contributed by atoms with Gasteiger partial charge in [0.25, 0.3) is 0 Å². The van der Waals surface area contributed by atoms with Gasteiger partial charge in [0, 0.05) is 18.5 Å². The molecule has 1 aromatic carbocycles. The van der Waals surface area contributed by atoms with Crippen molar-refractivity contribution in [1.82, 2.24) is 9.62 Å². The molecule has 6 heteroatoms. The molecule has 1 aromatic rings. The largest absolute Gasteiger partial charge is 0.495 e. The number of amides is 1. The lowest BCUT2D eigenvalue weighted by atomic mass is 10.1. The van der Waals surface area contributed by atoms with E-state index in [1.165, 1.54) is 22.4 Å². The van der Waals surface area contributed by atoms with E-state index in [-0.39, 0.29) is 0 Å². The van der Waals surface area contributed by atoms with E-state index in [9.17, 15) is 4.79 Å². The molecule has 5 nitrogen and oxygen atoms in total. The number of hydrogen-bond donors (Lipinski definition) is 2. The molecule has 0 aromatic heterocycles. The van der Waals surface area contributed by atoms with Crippen molar-refractivity contribution in [2.24, 2.45) is 0 Å². The van der Waals surface area contributed by atoms with Crippen LogP contribution < -0.4 is 10.0 Å². The van der Waals surface area contributed by atoms with Gasteiger partial charge in [-0.3, -0.25) is 4.79 Å². The number of aryl methyl sites for hydroxylation is 2. The zero-order valence-electron chi connectivity index (χ0n) is 17.3. The monoisotopic (exact) mass is 379 g/mol. The Kier molecular flexibility index (Phi) is 12.1. The van der Waals surface area contributed by atoms with Gasteiger partial charge in [0.1, 0.15) is 17.3 Å². The van der Waals surface area contributed by atoms with Crippen LogP contribution in [-0.4, -0.2) is 31.2 Å². The minimum Gasteiger partial charge on any atom is -0.495 e. The highest BCUT2D eigenvalue weighted by Gasteiger charge is 2.17. The molecular formula is C20H33N3O2S. The second-order valence-corrected chi connectivity index (χ2v) is 6.35. The molecule has 0 aliphatic rings. The zero-order valence-corrected chi connectivity index (χ0v) is 18.1. The van der Waals surface area contributed by atoms with Crippen LogP contribution in [0.25, 0.3) is 0 Å². The summed E-state index contributed by atoms with van der Waals surface area (Å²) in [5.41, 5.74) is 3.96. The Balaban J connectivity index is 0.00000301. The van der Waals surface area contributed by atoms with Crippen molar-refractivity contribution >= 4 is 24.0 Å². The van der Waals surface area contributed by atoms with Gasteiger partial charge in [-0.25, -0.2) is 0 Å². The van der Waals surface area contributed by atoms with Gasteiger partial charge in [-0.05, 0) is 38.5 Å². The Hall–Kier alpha value is -2.08. The smallest absolute Gasteiger partial charge is 0.215 e. The van der Waals surface area contributed by atoms with E-state index >= 15 is 0 Å². The lowest BCUT2D eigenvalue weighted by Gasteiger charge is -2.24. The van der Waals surface area contributed by atoms with E-state index < -0.39 is 0 Å². The molecule has 26 heavy (non-hydrogen) atoms. The van der Waals surface area contributed by atoms with E-state index in [1.54, 1.807) is 14.2 Å². The predicted molar refractivity (Wildman–Crippen MR) is 114 cm³/mol. The minimum absolute atomic E-state index is 0.632. The van der Waals surface area contributed by atoms with Gasteiger partial charge in [0.2, 0.25) is 6.41 Å². The maximum Gasteiger partial charge on any atom is 0.215 e. The predicted octanol–water partition coefficient (Wildman–Crippen LogP) is 4.81. The van der Waals surface area contributed by atoms with Crippen molar-refractivity contribution in [1.29, 1.82) is 0 Å². The molecule has 0 saturated carbocycles. The molecule has 0 aliphatic carbocycles. The highest BCUT2D eigenvalue weighted by molar-refractivity contribution is 7.97. The van der Waals surface area contributed by atoms with Crippen molar-refractivity contribution in [2.75, 3.05) is 25.2 Å². The van der Waals surface area contributed by atoms with Crippen LogP contribution in [0.2, 0.25) is 0 Å². The Morgan fingerprint density at radius 3 is 2.42 bits per heavy atom. The number of benzene rings is 1. The molecule has 0 spiro atoms. The molecule has 2 N–H and O–H groups in total. The van der Waals surface area contributed by atoms with Crippen LogP contribution in [0.3, 0.4) is 0 Å². The number of allylic oxidation sites excluding steroid dienone is 1. The fourth-order valence-electron chi connectivity index (χ4n) is 2.19. The molecule has 0 unspecified atom stereocenters. The van der Waals surface area contributed by atoms with Crippen LogP contribution in [0.5, 0.6) is 0 Å². The summed E-state index contributed by atoms with van der Waals surface area (Å²) in [5.74, 6) is 2.18. The van der Waals surface area contributed by atoms with Crippen LogP contribution in [0, 0.1) is 13.8 Å². The number of anilines is 1. The lowest BCUT2D eigenvalue weighted by molar-refractivity contribution is -0.115. The summed E-state index contributed by atoms with van der Waals surface area (Å²) >= 11 is 1.54. The summed E-state index contributed by atoms with van der Waals surface area (Å²) in [5, 5.41) is 3.36. The summed E-state index contributed by atoms with van der Waals surface area (Å²) in [6.07, 6.45) is 2.63. The third-order valence-electron chi connectivity index (χ3n) is 3.43. The Morgan fingerprint density at radius 2 is 1.96 bits per heavy atom. The Labute approximate surface area is 163 Å². The van der Waals surface area contributed by atoms with Gasteiger partial charge in [0.15, 0.2) is 0 Å². The number of rotatable bonds is 9. The second-order valence-electron chi connectivity index (χ2n) is 5.28. The standard InChI is InChI=1S/C18H27N3O2S.C2H6/c1-7-16(23-6)17(20-24-8-2)18(21(5)12-22)19-15-10-9-13(3)11-14(15)4;1-2/h7,9-12,19-20H,8H2,1-6H3;1-2H3/b16-7+,18-17+;. The summed E-state index contributed by atoms with van der Waals surface area (Å²) < 4.78 is 8.74. The van der Waals surface area contributed by atoms with Crippen LogP contribution in [0.4, 0.5) is 5.69 Å². The van der Waals surface area contributed by atoms with Crippen LogP contribution >= 0.6 is 11.9 Å². The van der Waals surface area contributed by atoms with Gasteiger partial charge in [-0.15, -0.1) is 0 Å². The fraction of sp³-hybridized carbons (Fsp3) is 0.450. The molecule has 0 aliphatic heterocycles. The average Bonchev–Trinajstić information content (AvgIpc) is 2.66. The number of nitrogens with one attached hydrogen (secondary N) is 2. The van der Waals surface area contributed by atoms with Crippen molar-refractivity contribution in [3.8, 4) is 0 Å². The minimum atomic E-state index is 0.632. The topological polar surface area (TPSA) is 53.6 Å². The number of nitrogens with zero attached hydrogens (tertiary/aromatic N) is 1. The molecule has 0 heterocycles. The Bertz CT molecular complexity index is 627. The highest BCUT2D eigenvalue weighted by atomic mass is 32.2. The molecule has 0 radical (unpaired) electrons. The summed E-state index contributed by atoms with van der Waals surface area (Å²) in [6, 6.07) is 6.15. The van der Waals surface area contributed by atoms with Gasteiger partial charge < -0.3 is 19.7 Å². The number of ether oxygens (including phenoxy) is 1. The molecule has 1 rings (SSSR count). The molecule has 0 fully saturated rings. The molecule has 146 valence electrons. The SMILES string of the molecule is C/C=C(OC)\C(NSCC)=C(\Nc1ccc(C)cc1C)N(C)C=O.CC. The quantitative estimate of drug-likeness (QED) is 0.279. The van der Waals surface area contributed by atoms with E-state index in [0.29, 0.717) is 11.6 Å². The van der Waals surface area contributed by atoms with Crippen LogP contribution in [0.1, 0.15) is 38.8 Å². The maximum atomic E-state index is 11.4. The van der Waals surface area contributed by atoms with Gasteiger partial charge in [-0.2, -0.15) is 0 Å². The van der Waals surface area contributed by atoms with Crippen molar-refractivity contribution in [2.45, 2.75) is 41.5 Å². The summed E-state index contributed by atoms with van der Waals surface area (Å²) in [4.78, 5) is 12.9. The van der Waals surface area contributed by atoms with Crippen molar-refractivity contribution in [3.05, 3.63) is 52.7 Å². The van der Waals surface area contributed by atoms with E-state index in [4.69, 9.17) is 4.74 Å². The average molecular weight is 380 g/mol. The second kappa shape index (κ2) is 13.2. The van der Waals surface area contributed by atoms with E-state index in [2.05, 4.69) is 30.0 Å². The molecule has 0 bridgehead atoms. The third-order valence-corrected chi connectivity index (χ3v) is 4.07. The number of carbonyl (C=O) groups is 1. The van der Waals surface area contributed by atoms with Crippen LogP contribution in [-0.2, 0) is 9.53 Å². The van der Waals surface area contributed by atoms with Crippen molar-refractivity contribution < 1.29 is 9.53 Å². The zero-order chi connectivity index (χ0) is 20.1.